The molecule has 0 spiro atoms. The molecule has 2 aromatic carbocycles. The maximum absolute atomic E-state index is 12.4. The zero-order valence-electron chi connectivity index (χ0n) is 13.8. The highest BCUT2D eigenvalue weighted by molar-refractivity contribution is 6.30. The number of anilines is 2. The Morgan fingerprint density at radius 1 is 1.12 bits per heavy atom. The third-order valence-corrected chi connectivity index (χ3v) is 5.00. The fourth-order valence-corrected chi connectivity index (χ4v) is 3.30. The van der Waals surface area contributed by atoms with Crippen molar-refractivity contribution >= 4 is 34.8 Å². The van der Waals surface area contributed by atoms with E-state index < -0.39 is 0 Å². The summed E-state index contributed by atoms with van der Waals surface area (Å²) in [4.78, 5) is 26.2. The van der Waals surface area contributed by atoms with Crippen LogP contribution in [0.5, 0.6) is 0 Å². The largest absolute Gasteiger partial charge is 0.326 e. The van der Waals surface area contributed by atoms with Crippen LogP contribution in [-0.4, -0.2) is 11.8 Å². The van der Waals surface area contributed by atoms with E-state index >= 15 is 0 Å². The van der Waals surface area contributed by atoms with Gasteiger partial charge in [0.15, 0.2) is 0 Å². The summed E-state index contributed by atoms with van der Waals surface area (Å²) in [6, 6.07) is 13.4. The summed E-state index contributed by atoms with van der Waals surface area (Å²) in [6.07, 6.45) is 3.17. The normalized spacial score (nSPS) is 16.5. The molecule has 4 rings (SSSR count). The van der Waals surface area contributed by atoms with Crippen molar-refractivity contribution < 1.29 is 9.59 Å². The van der Waals surface area contributed by atoms with Crippen LogP contribution < -0.4 is 10.2 Å². The van der Waals surface area contributed by atoms with E-state index in [1.807, 2.05) is 47.4 Å². The lowest BCUT2D eigenvalue weighted by Crippen LogP contribution is -2.34. The molecular formula is C20H19ClN2O2. The predicted octanol–water partition coefficient (Wildman–Crippen LogP) is 4.17. The fraction of sp³-hybridized carbons (Fsp3) is 0.300. The second-order valence-electron chi connectivity index (χ2n) is 6.71. The van der Waals surface area contributed by atoms with Gasteiger partial charge in [0.2, 0.25) is 11.8 Å². The molecule has 1 saturated carbocycles. The van der Waals surface area contributed by atoms with Gasteiger partial charge in [-0.2, -0.15) is 0 Å². The first-order valence-corrected chi connectivity index (χ1v) is 8.96. The van der Waals surface area contributed by atoms with Crippen molar-refractivity contribution in [3.63, 3.8) is 0 Å². The second kappa shape index (κ2) is 6.52. The topological polar surface area (TPSA) is 49.4 Å². The number of hydrogen-bond acceptors (Lipinski definition) is 2. The van der Waals surface area contributed by atoms with Crippen LogP contribution in [-0.2, 0) is 22.6 Å². The van der Waals surface area contributed by atoms with Gasteiger partial charge in [0, 0.05) is 28.7 Å². The summed E-state index contributed by atoms with van der Waals surface area (Å²) in [5.74, 6) is 0.404. The molecule has 0 saturated heterocycles. The summed E-state index contributed by atoms with van der Waals surface area (Å²) in [5, 5.41) is 3.66. The van der Waals surface area contributed by atoms with E-state index in [1.165, 1.54) is 0 Å². The van der Waals surface area contributed by atoms with E-state index in [0.717, 1.165) is 35.3 Å². The molecule has 0 radical (unpaired) electrons. The van der Waals surface area contributed by atoms with Crippen LogP contribution in [0.15, 0.2) is 42.5 Å². The number of nitrogens with zero attached hydrogens (tertiary/aromatic N) is 1. The van der Waals surface area contributed by atoms with E-state index in [9.17, 15) is 9.59 Å². The molecular weight excluding hydrogens is 336 g/mol. The molecule has 0 unspecified atom stereocenters. The van der Waals surface area contributed by atoms with Crippen LogP contribution in [0.4, 0.5) is 11.4 Å². The third-order valence-electron chi connectivity index (χ3n) is 4.75. The van der Waals surface area contributed by atoms with Crippen LogP contribution in [0.3, 0.4) is 0 Å². The summed E-state index contributed by atoms with van der Waals surface area (Å²) in [5.41, 5.74) is 3.88. The molecule has 2 aliphatic rings. The number of rotatable bonds is 4. The van der Waals surface area contributed by atoms with Gasteiger partial charge in [0.1, 0.15) is 0 Å². The maximum Gasteiger partial charge on any atom is 0.227 e. The summed E-state index contributed by atoms with van der Waals surface area (Å²) in [7, 11) is 0. The van der Waals surface area contributed by atoms with Crippen LogP contribution in [0.2, 0.25) is 5.02 Å². The van der Waals surface area contributed by atoms with Gasteiger partial charge in [-0.25, -0.2) is 0 Å². The molecule has 1 fully saturated rings. The van der Waals surface area contributed by atoms with Gasteiger partial charge >= 0.3 is 0 Å². The van der Waals surface area contributed by atoms with Crippen molar-refractivity contribution in [2.75, 3.05) is 10.2 Å². The summed E-state index contributed by atoms with van der Waals surface area (Å²) in [6.45, 7) is 0.525. The third kappa shape index (κ3) is 3.54. The zero-order valence-corrected chi connectivity index (χ0v) is 14.6. The van der Waals surface area contributed by atoms with Gasteiger partial charge in [-0.15, -0.1) is 0 Å². The van der Waals surface area contributed by atoms with Gasteiger partial charge in [-0.1, -0.05) is 23.7 Å². The molecule has 0 aromatic heterocycles. The molecule has 0 bridgehead atoms. The minimum atomic E-state index is 0.102. The monoisotopic (exact) mass is 354 g/mol. The SMILES string of the molecule is O=C(Nc1ccc2c(c1)CCC(=O)N2Cc1ccc(Cl)cc1)C1CC1. The Bertz CT molecular complexity index is 828. The van der Waals surface area contributed by atoms with Crippen molar-refractivity contribution in [3.8, 4) is 0 Å². The van der Waals surface area contributed by atoms with Crippen LogP contribution in [0, 0.1) is 5.92 Å². The van der Waals surface area contributed by atoms with E-state index in [2.05, 4.69) is 5.32 Å². The highest BCUT2D eigenvalue weighted by Gasteiger charge is 2.30. The Hall–Kier alpha value is -2.33. The fourth-order valence-electron chi connectivity index (χ4n) is 3.17. The molecule has 1 aliphatic carbocycles. The van der Waals surface area contributed by atoms with Gasteiger partial charge in [0.25, 0.3) is 0 Å². The van der Waals surface area contributed by atoms with Gasteiger partial charge in [-0.3, -0.25) is 9.59 Å². The van der Waals surface area contributed by atoms with Crippen molar-refractivity contribution in [1.29, 1.82) is 0 Å². The smallest absolute Gasteiger partial charge is 0.227 e. The number of amides is 2. The Labute approximate surface area is 151 Å². The molecule has 4 nitrogen and oxygen atoms in total. The number of halogens is 1. The molecule has 5 heteroatoms. The van der Waals surface area contributed by atoms with E-state index in [-0.39, 0.29) is 17.7 Å². The Balaban J connectivity index is 1.56. The minimum Gasteiger partial charge on any atom is -0.326 e. The second-order valence-corrected chi connectivity index (χ2v) is 7.15. The highest BCUT2D eigenvalue weighted by Crippen LogP contribution is 2.33. The first kappa shape index (κ1) is 16.2. The van der Waals surface area contributed by atoms with Crippen LogP contribution in [0.25, 0.3) is 0 Å². The standard InChI is InChI=1S/C20H19ClN2O2/c21-16-6-1-13(2-7-16)12-23-18-9-8-17(22-20(25)14-3-4-14)11-15(18)5-10-19(23)24/h1-2,6-9,11,14H,3-5,10,12H2,(H,22,25). The maximum atomic E-state index is 12.4. The quantitative estimate of drug-likeness (QED) is 0.895. The van der Waals surface area contributed by atoms with Crippen molar-refractivity contribution in [2.24, 2.45) is 5.92 Å². The first-order valence-electron chi connectivity index (χ1n) is 8.59. The Morgan fingerprint density at radius 3 is 2.60 bits per heavy atom. The molecule has 1 heterocycles. The number of benzene rings is 2. The molecule has 1 aliphatic heterocycles. The number of carbonyl (C=O) groups is 2. The number of nitrogens with one attached hydrogen (secondary N) is 1. The van der Waals surface area contributed by atoms with E-state index in [4.69, 9.17) is 11.6 Å². The molecule has 1 N–H and O–H groups in total. The number of hydrogen-bond donors (Lipinski definition) is 1. The molecule has 128 valence electrons. The van der Waals surface area contributed by atoms with Gasteiger partial charge in [-0.05, 0) is 60.7 Å². The van der Waals surface area contributed by atoms with Gasteiger partial charge in [0.05, 0.1) is 6.54 Å². The van der Waals surface area contributed by atoms with E-state index in [0.29, 0.717) is 24.4 Å². The highest BCUT2D eigenvalue weighted by atomic mass is 35.5. The Kier molecular flexibility index (Phi) is 4.22. The number of fused-ring (bicyclic) bond motifs is 1. The summed E-state index contributed by atoms with van der Waals surface area (Å²) >= 11 is 5.93. The molecule has 0 atom stereocenters. The van der Waals surface area contributed by atoms with Crippen LogP contribution in [0.1, 0.15) is 30.4 Å². The number of carbonyl (C=O) groups excluding carboxylic acids is 2. The summed E-state index contributed by atoms with van der Waals surface area (Å²) < 4.78 is 0. The van der Waals surface area contributed by atoms with Crippen molar-refractivity contribution in [1.82, 2.24) is 0 Å². The minimum absolute atomic E-state index is 0.102. The lowest BCUT2D eigenvalue weighted by molar-refractivity contribution is -0.119. The van der Waals surface area contributed by atoms with Crippen molar-refractivity contribution in [2.45, 2.75) is 32.2 Å². The van der Waals surface area contributed by atoms with Crippen molar-refractivity contribution in [3.05, 3.63) is 58.6 Å². The predicted molar refractivity (Wildman–Crippen MR) is 98.8 cm³/mol. The molecule has 2 amide bonds. The molecule has 25 heavy (non-hydrogen) atoms. The lowest BCUT2D eigenvalue weighted by Gasteiger charge is -2.30. The Morgan fingerprint density at radius 2 is 1.88 bits per heavy atom. The molecule has 2 aromatic rings. The number of aryl methyl sites for hydroxylation is 1. The first-order chi connectivity index (χ1) is 12.1. The zero-order chi connectivity index (χ0) is 17.4. The van der Waals surface area contributed by atoms with E-state index in [1.54, 1.807) is 0 Å². The lowest BCUT2D eigenvalue weighted by atomic mass is 9.99. The average molecular weight is 355 g/mol. The van der Waals surface area contributed by atoms with Gasteiger partial charge < -0.3 is 10.2 Å². The van der Waals surface area contributed by atoms with Crippen LogP contribution >= 0.6 is 11.6 Å². The average Bonchev–Trinajstić information content (AvgIpc) is 3.44.